The van der Waals surface area contributed by atoms with E-state index in [1.165, 1.54) is 11.8 Å². The van der Waals surface area contributed by atoms with Crippen molar-refractivity contribution in [3.63, 3.8) is 0 Å². The molecule has 0 aromatic carbocycles. The second-order valence-corrected chi connectivity index (χ2v) is 7.01. The Morgan fingerprint density at radius 1 is 1.52 bits per heavy atom. The maximum Gasteiger partial charge on any atom is 0.176 e. The molecule has 0 saturated heterocycles. The minimum atomic E-state index is -1.13. The molecule has 0 amide bonds. The molecule has 0 fully saturated rings. The van der Waals surface area contributed by atoms with Crippen LogP contribution in [0.1, 0.15) is 28.8 Å². The Balaban J connectivity index is 1.99. The first-order valence-electron chi connectivity index (χ1n) is 7.98. The average Bonchev–Trinajstić information content (AvgIpc) is 3.22. The van der Waals surface area contributed by atoms with Crippen LogP contribution in [-0.4, -0.2) is 17.2 Å². The zero-order valence-corrected chi connectivity index (χ0v) is 14.9. The van der Waals surface area contributed by atoms with E-state index in [4.69, 9.17) is 10.2 Å². The van der Waals surface area contributed by atoms with Gasteiger partial charge in [-0.3, -0.25) is 0 Å². The van der Waals surface area contributed by atoms with E-state index < -0.39 is 12.2 Å². The van der Waals surface area contributed by atoms with Gasteiger partial charge in [0.15, 0.2) is 5.58 Å². The molecular formula is C18H19FN4OS. The minimum Gasteiger partial charge on any atom is -0.457 e. The number of nitrogens with one attached hydrogen (secondary N) is 1. The van der Waals surface area contributed by atoms with Crippen molar-refractivity contribution in [2.75, 3.05) is 5.32 Å². The van der Waals surface area contributed by atoms with Crippen LogP contribution in [0, 0.1) is 18.3 Å². The molecule has 0 bridgehead atoms. The molecule has 3 aromatic rings. The summed E-state index contributed by atoms with van der Waals surface area (Å²) in [4.78, 5) is 5.51. The molecule has 0 aliphatic carbocycles. The topological polar surface area (TPSA) is 87.9 Å². The van der Waals surface area contributed by atoms with Crippen molar-refractivity contribution in [3.05, 3.63) is 45.5 Å². The van der Waals surface area contributed by atoms with Crippen LogP contribution in [-0.2, 0) is 13.0 Å². The lowest BCUT2D eigenvalue weighted by Crippen LogP contribution is -2.31. The molecular weight excluding hydrogens is 339 g/mol. The van der Waals surface area contributed by atoms with Gasteiger partial charge in [0.05, 0.1) is 5.69 Å². The van der Waals surface area contributed by atoms with Crippen LogP contribution >= 0.6 is 11.3 Å². The van der Waals surface area contributed by atoms with Gasteiger partial charge in [0, 0.05) is 35.5 Å². The number of nitriles is 1. The zero-order chi connectivity index (χ0) is 18.0. The second kappa shape index (κ2) is 7.21. The van der Waals surface area contributed by atoms with Crippen LogP contribution in [0.15, 0.2) is 28.0 Å². The van der Waals surface area contributed by atoms with E-state index in [-0.39, 0.29) is 6.42 Å². The Hall–Kier alpha value is -2.43. The molecule has 0 aliphatic rings. The summed E-state index contributed by atoms with van der Waals surface area (Å²) in [7, 11) is 0. The molecule has 3 N–H and O–H groups in total. The van der Waals surface area contributed by atoms with Gasteiger partial charge in [-0.15, -0.1) is 11.3 Å². The number of nitrogens with zero attached hydrogens (tertiary/aromatic N) is 2. The SMILES string of the molecule is Cc1c(C[C@@H](N)[C@H](C)F)oc2c(NCc3cccs3)cc(C#N)nc12. The third-order valence-corrected chi connectivity index (χ3v) is 5.01. The Bertz CT molecular complexity index is 911. The highest BCUT2D eigenvalue weighted by Crippen LogP contribution is 2.31. The molecule has 7 heteroatoms. The molecule has 0 spiro atoms. The van der Waals surface area contributed by atoms with Crippen LogP contribution in [0.3, 0.4) is 0 Å². The largest absolute Gasteiger partial charge is 0.457 e. The molecule has 3 aromatic heterocycles. The number of nitrogens with two attached hydrogens (primary N) is 1. The lowest BCUT2D eigenvalue weighted by molar-refractivity contribution is 0.295. The smallest absolute Gasteiger partial charge is 0.176 e. The van der Waals surface area contributed by atoms with E-state index >= 15 is 0 Å². The molecule has 0 radical (unpaired) electrons. The number of halogens is 1. The van der Waals surface area contributed by atoms with E-state index in [1.807, 2.05) is 24.4 Å². The first kappa shape index (κ1) is 17.4. The summed E-state index contributed by atoms with van der Waals surface area (Å²) in [5.74, 6) is 0.605. The maximum absolute atomic E-state index is 13.4. The van der Waals surface area contributed by atoms with Gasteiger partial charge in [0.2, 0.25) is 0 Å². The fourth-order valence-electron chi connectivity index (χ4n) is 2.58. The highest BCUT2D eigenvalue weighted by molar-refractivity contribution is 7.09. The Morgan fingerprint density at radius 3 is 2.96 bits per heavy atom. The van der Waals surface area contributed by atoms with Crippen molar-refractivity contribution in [1.82, 2.24) is 4.98 Å². The summed E-state index contributed by atoms with van der Waals surface area (Å²) in [6.45, 7) is 3.91. The Morgan fingerprint density at radius 2 is 2.32 bits per heavy atom. The third kappa shape index (κ3) is 3.65. The fraction of sp³-hybridized carbons (Fsp3) is 0.333. The number of furan rings is 1. The molecule has 2 atom stereocenters. The normalized spacial score (nSPS) is 13.6. The molecule has 5 nitrogen and oxygen atoms in total. The fourth-order valence-corrected chi connectivity index (χ4v) is 3.22. The standard InChI is InChI=1S/C18H19FN4OS/c1-10-16(7-14(21)11(2)19)24-18-15(6-12(8-20)23-17(10)18)22-9-13-4-3-5-25-13/h3-6,11,14H,7,9,21H2,1-2H3,(H,22,23)/t11-,14+/m0/s1. The third-order valence-electron chi connectivity index (χ3n) is 4.13. The summed E-state index contributed by atoms with van der Waals surface area (Å²) in [6, 6.07) is 7.11. The maximum atomic E-state index is 13.4. The van der Waals surface area contributed by atoms with Crippen LogP contribution in [0.2, 0.25) is 0 Å². The number of aryl methyl sites for hydroxylation is 1. The molecule has 130 valence electrons. The number of anilines is 1. The van der Waals surface area contributed by atoms with E-state index in [1.54, 1.807) is 17.4 Å². The van der Waals surface area contributed by atoms with E-state index in [9.17, 15) is 9.65 Å². The van der Waals surface area contributed by atoms with Crippen molar-refractivity contribution < 1.29 is 8.81 Å². The number of pyridine rings is 1. The van der Waals surface area contributed by atoms with Crippen LogP contribution in [0.5, 0.6) is 0 Å². The minimum absolute atomic E-state index is 0.284. The number of thiophene rings is 1. The molecule has 0 saturated carbocycles. The van der Waals surface area contributed by atoms with E-state index in [0.29, 0.717) is 34.8 Å². The van der Waals surface area contributed by atoms with Gasteiger partial charge in [-0.25, -0.2) is 9.37 Å². The van der Waals surface area contributed by atoms with Crippen LogP contribution in [0.25, 0.3) is 11.1 Å². The number of alkyl halides is 1. The molecule has 3 rings (SSSR count). The van der Waals surface area contributed by atoms with Gasteiger partial charge in [0.25, 0.3) is 0 Å². The van der Waals surface area contributed by atoms with Crippen molar-refractivity contribution >= 4 is 28.1 Å². The quantitative estimate of drug-likeness (QED) is 0.697. The van der Waals surface area contributed by atoms with Crippen molar-refractivity contribution in [2.24, 2.45) is 5.73 Å². The lowest BCUT2D eigenvalue weighted by atomic mass is 10.1. The second-order valence-electron chi connectivity index (χ2n) is 5.97. The van der Waals surface area contributed by atoms with Gasteiger partial charge in [-0.2, -0.15) is 5.26 Å². The number of hydrogen-bond donors (Lipinski definition) is 2. The predicted octanol–water partition coefficient (Wildman–Crippen LogP) is 3.91. The predicted molar refractivity (Wildman–Crippen MR) is 97.4 cm³/mol. The number of fused-ring (bicyclic) bond motifs is 1. The molecule has 25 heavy (non-hydrogen) atoms. The van der Waals surface area contributed by atoms with Crippen molar-refractivity contribution in [2.45, 2.75) is 39.0 Å². The average molecular weight is 358 g/mol. The van der Waals surface area contributed by atoms with E-state index in [0.717, 1.165) is 5.56 Å². The summed E-state index contributed by atoms with van der Waals surface area (Å²) in [5, 5.41) is 14.6. The Labute approximate surface area is 149 Å². The lowest BCUT2D eigenvalue weighted by Gasteiger charge is -2.10. The number of aromatic nitrogens is 1. The summed E-state index contributed by atoms with van der Waals surface area (Å²) < 4.78 is 19.3. The van der Waals surface area contributed by atoms with Gasteiger partial charge in [-0.05, 0) is 25.3 Å². The molecule has 0 aliphatic heterocycles. The van der Waals surface area contributed by atoms with Gasteiger partial charge in [0.1, 0.15) is 29.2 Å². The van der Waals surface area contributed by atoms with Gasteiger partial charge < -0.3 is 15.5 Å². The van der Waals surface area contributed by atoms with Gasteiger partial charge in [-0.1, -0.05) is 6.07 Å². The summed E-state index contributed by atoms with van der Waals surface area (Å²) in [6.07, 6.45) is -0.849. The van der Waals surface area contributed by atoms with Crippen molar-refractivity contribution in [3.8, 4) is 6.07 Å². The van der Waals surface area contributed by atoms with E-state index in [2.05, 4.69) is 16.4 Å². The highest BCUT2D eigenvalue weighted by atomic mass is 32.1. The van der Waals surface area contributed by atoms with Gasteiger partial charge >= 0.3 is 0 Å². The van der Waals surface area contributed by atoms with Crippen LogP contribution < -0.4 is 11.1 Å². The summed E-state index contributed by atoms with van der Waals surface area (Å²) >= 11 is 1.65. The number of hydrogen-bond acceptors (Lipinski definition) is 6. The highest BCUT2D eigenvalue weighted by Gasteiger charge is 2.21. The molecule has 3 heterocycles. The summed E-state index contributed by atoms with van der Waals surface area (Å²) in [5.41, 5.74) is 8.82. The monoisotopic (exact) mass is 358 g/mol. The first-order chi connectivity index (χ1) is 12.0. The Kier molecular flexibility index (Phi) is 5.02. The first-order valence-corrected chi connectivity index (χ1v) is 8.86. The molecule has 0 unspecified atom stereocenters. The number of rotatable bonds is 6. The van der Waals surface area contributed by atoms with Crippen molar-refractivity contribution in [1.29, 1.82) is 5.26 Å². The zero-order valence-electron chi connectivity index (χ0n) is 14.0. The van der Waals surface area contributed by atoms with Crippen LogP contribution in [0.4, 0.5) is 10.1 Å².